The predicted octanol–water partition coefficient (Wildman–Crippen LogP) is -0.686. The van der Waals surface area contributed by atoms with Crippen LogP contribution in [0.1, 0.15) is 18.6 Å². The monoisotopic (exact) mass is 140 g/mol. The fourth-order valence-corrected chi connectivity index (χ4v) is 1.08. The van der Waals surface area contributed by atoms with Crippen molar-refractivity contribution in [3.05, 3.63) is 42.0 Å². The Bertz CT molecular complexity index is 222. The molecule has 0 radical (unpaired) electrons. The smallest absolute Gasteiger partial charge is 0.563 e. The molecule has 1 aliphatic rings. The molecular formula is C9H9LiO. The second kappa shape index (κ2) is 3.45. The van der Waals surface area contributed by atoms with Crippen LogP contribution in [0.2, 0.25) is 0 Å². The summed E-state index contributed by atoms with van der Waals surface area (Å²) < 4.78 is 5.22. The van der Waals surface area contributed by atoms with Crippen LogP contribution in [0.5, 0.6) is 0 Å². The van der Waals surface area contributed by atoms with Gasteiger partial charge >= 0.3 is 18.9 Å². The van der Waals surface area contributed by atoms with Crippen molar-refractivity contribution >= 4 is 0 Å². The molecule has 1 aromatic rings. The third-order valence-electron chi connectivity index (χ3n) is 1.72. The van der Waals surface area contributed by atoms with E-state index in [1.807, 2.05) is 25.1 Å². The zero-order valence-corrected chi connectivity index (χ0v) is 6.87. The number of benzene rings is 1. The van der Waals surface area contributed by atoms with E-state index in [-0.39, 0.29) is 18.9 Å². The van der Waals surface area contributed by atoms with Gasteiger partial charge in [-0.3, -0.25) is 0 Å². The van der Waals surface area contributed by atoms with Crippen molar-refractivity contribution in [2.75, 3.05) is 0 Å². The summed E-state index contributed by atoms with van der Waals surface area (Å²) >= 11 is 0. The number of rotatable bonds is 1. The molecule has 2 heteroatoms. The van der Waals surface area contributed by atoms with E-state index in [1.54, 1.807) is 0 Å². The van der Waals surface area contributed by atoms with Gasteiger partial charge in [-0.05, 0) is 0 Å². The Kier molecular flexibility index (Phi) is 2.78. The normalized spacial score (nSPS) is 22.5. The van der Waals surface area contributed by atoms with Gasteiger partial charge in [0.15, 0.2) is 0 Å². The van der Waals surface area contributed by atoms with Crippen LogP contribution in [-0.4, -0.2) is 0 Å². The molecule has 0 N–H and O–H groups in total. The average Bonchev–Trinajstić information content (AvgIpc) is 2.69. The Balaban J connectivity index is 0.000000605. The molecule has 0 spiro atoms. The average molecular weight is 140 g/mol. The van der Waals surface area contributed by atoms with Gasteiger partial charge in [0, 0.05) is 0 Å². The van der Waals surface area contributed by atoms with Crippen molar-refractivity contribution in [3.8, 4) is 0 Å². The molecule has 0 aromatic heterocycles. The zero-order chi connectivity index (χ0) is 6.97. The van der Waals surface area contributed by atoms with E-state index in [2.05, 4.69) is 12.1 Å². The summed E-state index contributed by atoms with van der Waals surface area (Å²) in [5, 5.41) is 0. The van der Waals surface area contributed by atoms with Gasteiger partial charge in [-0.2, -0.15) is 13.0 Å². The van der Waals surface area contributed by atoms with Crippen LogP contribution in [0, 0.1) is 6.10 Å². The topological polar surface area (TPSA) is 12.5 Å². The maximum absolute atomic E-state index is 5.22. The molecule has 1 atom stereocenters. The molecule has 1 fully saturated rings. The summed E-state index contributed by atoms with van der Waals surface area (Å²) in [6.07, 6.45) is 1.42. The maximum atomic E-state index is 5.22. The summed E-state index contributed by atoms with van der Waals surface area (Å²) in [7, 11) is 0. The van der Waals surface area contributed by atoms with Crippen LogP contribution >= 0.6 is 0 Å². The van der Waals surface area contributed by atoms with E-state index in [1.165, 1.54) is 5.56 Å². The fourth-order valence-electron chi connectivity index (χ4n) is 1.08. The summed E-state index contributed by atoms with van der Waals surface area (Å²) in [4.78, 5) is 0. The quantitative estimate of drug-likeness (QED) is 0.286. The number of hydrogen-bond donors (Lipinski definition) is 0. The van der Waals surface area contributed by atoms with E-state index < -0.39 is 0 Å². The molecular weight excluding hydrogens is 131 g/mol. The van der Waals surface area contributed by atoms with E-state index in [0.29, 0.717) is 6.10 Å². The van der Waals surface area contributed by atoms with Gasteiger partial charge in [-0.15, -0.1) is 0 Å². The number of ether oxygens (including phenoxy) is 1. The summed E-state index contributed by atoms with van der Waals surface area (Å²) in [5.74, 6) is 0. The van der Waals surface area contributed by atoms with Crippen molar-refractivity contribution in [1.29, 1.82) is 0 Å². The first-order valence-electron chi connectivity index (χ1n) is 3.43. The standard InChI is InChI=1S/C9H9O.Li/c1-7-9(10-7)8-5-3-2-4-6-8;/h2-6,9H,1H3;/q-1;+1/t9-;/m0./s1. The molecule has 0 bridgehead atoms. The SMILES string of the molecule is C[C-]1O[C@@H]1c1ccccc1.[Li+]. The van der Waals surface area contributed by atoms with Crippen molar-refractivity contribution in [2.45, 2.75) is 13.0 Å². The minimum absolute atomic E-state index is 0. The fraction of sp³-hybridized carbons (Fsp3) is 0.222. The van der Waals surface area contributed by atoms with Crippen molar-refractivity contribution in [2.24, 2.45) is 0 Å². The first-order chi connectivity index (χ1) is 4.88. The molecule has 1 saturated heterocycles. The predicted molar refractivity (Wildman–Crippen MR) is 39.2 cm³/mol. The molecule has 11 heavy (non-hydrogen) atoms. The molecule has 52 valence electrons. The van der Waals surface area contributed by atoms with Crippen LogP contribution < -0.4 is 18.9 Å². The largest absolute Gasteiger partial charge is 1.00 e. The van der Waals surface area contributed by atoms with Gasteiger partial charge in [-0.25, -0.2) is 0 Å². The minimum atomic E-state index is 0. The molecule has 1 aromatic carbocycles. The first kappa shape index (κ1) is 8.87. The second-order valence-electron chi connectivity index (χ2n) is 2.52. The molecule has 2 rings (SSSR count). The van der Waals surface area contributed by atoms with Gasteiger partial charge in [0.25, 0.3) is 0 Å². The summed E-state index contributed by atoms with van der Waals surface area (Å²) in [6.45, 7) is 2.01. The molecule has 0 aliphatic carbocycles. The Morgan fingerprint density at radius 2 is 1.82 bits per heavy atom. The third kappa shape index (κ3) is 1.87. The van der Waals surface area contributed by atoms with Gasteiger partial charge < -0.3 is 4.74 Å². The van der Waals surface area contributed by atoms with Crippen molar-refractivity contribution in [1.82, 2.24) is 0 Å². The van der Waals surface area contributed by atoms with Crippen molar-refractivity contribution in [3.63, 3.8) is 0 Å². The molecule has 1 aliphatic heterocycles. The van der Waals surface area contributed by atoms with Gasteiger partial charge in [0.2, 0.25) is 0 Å². The molecule has 1 heterocycles. The van der Waals surface area contributed by atoms with Gasteiger partial charge in [-0.1, -0.05) is 42.0 Å². The van der Waals surface area contributed by atoms with Crippen LogP contribution in [0.25, 0.3) is 0 Å². The van der Waals surface area contributed by atoms with E-state index in [0.717, 1.165) is 6.10 Å². The number of epoxide rings is 1. The maximum Gasteiger partial charge on any atom is 1.00 e. The molecule has 0 unspecified atom stereocenters. The van der Waals surface area contributed by atoms with Gasteiger partial charge in [0.1, 0.15) is 0 Å². The summed E-state index contributed by atoms with van der Waals surface area (Å²) in [6, 6.07) is 10.2. The summed E-state index contributed by atoms with van der Waals surface area (Å²) in [5.41, 5.74) is 1.26. The third-order valence-corrected chi connectivity index (χ3v) is 1.72. The van der Waals surface area contributed by atoms with E-state index in [9.17, 15) is 0 Å². The Labute approximate surface area is 78.9 Å². The van der Waals surface area contributed by atoms with Crippen LogP contribution in [-0.2, 0) is 4.74 Å². The Morgan fingerprint density at radius 3 is 2.27 bits per heavy atom. The Morgan fingerprint density at radius 1 is 1.27 bits per heavy atom. The van der Waals surface area contributed by atoms with Crippen LogP contribution in [0.3, 0.4) is 0 Å². The molecule has 0 amide bonds. The van der Waals surface area contributed by atoms with Crippen molar-refractivity contribution < 1.29 is 23.6 Å². The molecule has 1 nitrogen and oxygen atoms in total. The second-order valence-corrected chi connectivity index (χ2v) is 2.52. The van der Waals surface area contributed by atoms with Crippen LogP contribution in [0.15, 0.2) is 30.3 Å². The molecule has 0 saturated carbocycles. The Hall–Kier alpha value is -0.223. The number of hydrogen-bond acceptors (Lipinski definition) is 1. The zero-order valence-electron chi connectivity index (χ0n) is 6.87. The van der Waals surface area contributed by atoms with E-state index in [4.69, 9.17) is 4.74 Å². The van der Waals surface area contributed by atoms with Crippen LogP contribution in [0.4, 0.5) is 0 Å². The van der Waals surface area contributed by atoms with E-state index >= 15 is 0 Å². The first-order valence-corrected chi connectivity index (χ1v) is 3.43. The minimum Gasteiger partial charge on any atom is -0.563 e. The van der Waals surface area contributed by atoms with Gasteiger partial charge in [0.05, 0.1) is 0 Å².